The number of nitrogens with zero attached hydrogens (tertiary/aromatic N) is 3. The van der Waals surface area contributed by atoms with Gasteiger partial charge in [0.1, 0.15) is 11.9 Å². The van der Waals surface area contributed by atoms with Crippen LogP contribution in [0.3, 0.4) is 0 Å². The monoisotopic (exact) mass is 460 g/mol. The van der Waals surface area contributed by atoms with E-state index in [4.69, 9.17) is 15.2 Å². The number of hydrogen-bond donors (Lipinski definition) is 2. The molecule has 34 heavy (non-hydrogen) atoms. The molecule has 0 spiro atoms. The molecule has 2 aromatic rings. The lowest BCUT2D eigenvalue weighted by Gasteiger charge is -2.42. The highest BCUT2D eigenvalue weighted by atomic mass is 16.5. The Morgan fingerprint density at radius 2 is 1.97 bits per heavy atom. The van der Waals surface area contributed by atoms with E-state index in [0.717, 1.165) is 40.3 Å². The molecule has 7 heteroatoms. The largest absolute Gasteiger partial charge is 0.490 e. The summed E-state index contributed by atoms with van der Waals surface area (Å²) in [4.78, 5) is 4.63. The zero-order valence-electron chi connectivity index (χ0n) is 19.9. The van der Waals surface area contributed by atoms with Crippen molar-refractivity contribution in [3.63, 3.8) is 0 Å². The molecule has 3 atom stereocenters. The van der Waals surface area contributed by atoms with Crippen LogP contribution < -0.4 is 10.5 Å². The number of hydrogen-bond acceptors (Lipinski definition) is 5. The lowest BCUT2D eigenvalue weighted by Crippen LogP contribution is -2.42. The van der Waals surface area contributed by atoms with E-state index in [1.165, 1.54) is 7.05 Å². The van der Waals surface area contributed by atoms with Crippen LogP contribution >= 0.6 is 0 Å². The molecule has 0 bridgehead atoms. The fourth-order valence-corrected chi connectivity index (χ4v) is 4.67. The normalized spacial score (nSPS) is 23.3. The lowest BCUT2D eigenvalue weighted by atomic mass is 9.80. The molecule has 2 aromatic carbocycles. The Kier molecular flexibility index (Phi) is 7.83. The zero-order valence-corrected chi connectivity index (χ0v) is 19.9. The molecule has 0 radical (unpaired) electrons. The predicted octanol–water partition coefficient (Wildman–Crippen LogP) is 4.51. The standard InChI is InChI=1S/C25H30N4O3.C2H2/c1-25(2)14-19(9-10-31-25)23-13-21(28-24(27)29(3)30)20-12-18(7-8-22(20)32-23)17-6-4-5-16(11-17)15-26;1-2/h4-8,11-12,19,21,23,30H,9-10,13-14H2,1-3H3,(H2,27,28);1-2H/t19?,21?,23-;/m1./s1. The number of guanidine groups is 1. The topological polar surface area (TPSA) is 104 Å². The van der Waals surface area contributed by atoms with Crippen LogP contribution in [-0.2, 0) is 4.74 Å². The third-order valence-corrected chi connectivity index (χ3v) is 6.31. The van der Waals surface area contributed by atoms with Crippen molar-refractivity contribution >= 4 is 5.96 Å². The Hall–Kier alpha value is -3.52. The lowest BCUT2D eigenvalue weighted by molar-refractivity contribution is -0.0944. The summed E-state index contributed by atoms with van der Waals surface area (Å²) >= 11 is 0. The Balaban J connectivity index is 0.00000158. The molecule has 0 aliphatic carbocycles. The molecule has 2 aliphatic rings. The van der Waals surface area contributed by atoms with Crippen LogP contribution in [0.1, 0.15) is 50.3 Å². The second-order valence-electron chi connectivity index (χ2n) is 9.22. The molecule has 1 saturated heterocycles. The van der Waals surface area contributed by atoms with Crippen molar-refractivity contribution in [2.75, 3.05) is 13.7 Å². The molecule has 2 aliphatic heterocycles. The smallest absolute Gasteiger partial charge is 0.215 e. The molecule has 178 valence electrons. The van der Waals surface area contributed by atoms with Crippen LogP contribution in [0.2, 0.25) is 0 Å². The first-order valence-electron chi connectivity index (χ1n) is 11.3. The highest BCUT2D eigenvalue weighted by Gasteiger charge is 2.39. The summed E-state index contributed by atoms with van der Waals surface area (Å²) in [6.45, 7) is 4.95. The van der Waals surface area contributed by atoms with Crippen LogP contribution in [-0.4, -0.2) is 41.6 Å². The Morgan fingerprint density at radius 3 is 2.65 bits per heavy atom. The van der Waals surface area contributed by atoms with Gasteiger partial charge in [0.05, 0.1) is 23.3 Å². The molecule has 3 N–H and O–H groups in total. The van der Waals surface area contributed by atoms with Gasteiger partial charge in [-0.3, -0.25) is 5.21 Å². The molecule has 2 heterocycles. The molecule has 4 rings (SSSR count). The number of hydroxylamine groups is 2. The average molecular weight is 461 g/mol. The van der Waals surface area contributed by atoms with Gasteiger partial charge in [-0.1, -0.05) is 18.2 Å². The highest BCUT2D eigenvalue weighted by Crippen LogP contribution is 2.44. The number of terminal acetylenes is 1. The zero-order chi connectivity index (χ0) is 24.9. The van der Waals surface area contributed by atoms with Gasteiger partial charge >= 0.3 is 0 Å². The Labute approximate surface area is 201 Å². The van der Waals surface area contributed by atoms with E-state index < -0.39 is 0 Å². The first-order valence-corrected chi connectivity index (χ1v) is 11.3. The summed E-state index contributed by atoms with van der Waals surface area (Å²) in [5.74, 6) is 1.20. The Bertz CT molecular complexity index is 1100. The van der Waals surface area contributed by atoms with E-state index in [1.54, 1.807) is 6.07 Å². The molecular formula is C27H32N4O3. The van der Waals surface area contributed by atoms with Gasteiger partial charge in [0.25, 0.3) is 0 Å². The van der Waals surface area contributed by atoms with Crippen LogP contribution in [0.5, 0.6) is 5.75 Å². The fourth-order valence-electron chi connectivity index (χ4n) is 4.67. The molecular weight excluding hydrogens is 428 g/mol. The van der Waals surface area contributed by atoms with Crippen molar-refractivity contribution in [1.82, 2.24) is 5.06 Å². The van der Waals surface area contributed by atoms with Gasteiger partial charge < -0.3 is 15.2 Å². The summed E-state index contributed by atoms with van der Waals surface area (Å²) < 4.78 is 12.4. The molecule has 0 amide bonds. The van der Waals surface area contributed by atoms with E-state index >= 15 is 0 Å². The van der Waals surface area contributed by atoms with Crippen LogP contribution in [0.25, 0.3) is 11.1 Å². The summed E-state index contributed by atoms with van der Waals surface area (Å²) in [6.07, 6.45) is 10.5. The van der Waals surface area contributed by atoms with Gasteiger partial charge in [-0.05, 0) is 62.1 Å². The molecule has 0 saturated carbocycles. The van der Waals surface area contributed by atoms with Crippen LogP contribution in [0.15, 0.2) is 47.5 Å². The van der Waals surface area contributed by atoms with Gasteiger partial charge in [-0.2, -0.15) is 5.26 Å². The van der Waals surface area contributed by atoms with Crippen molar-refractivity contribution in [3.8, 4) is 35.8 Å². The first kappa shape index (κ1) is 25.1. The van der Waals surface area contributed by atoms with E-state index in [1.807, 2.05) is 30.3 Å². The maximum atomic E-state index is 9.77. The van der Waals surface area contributed by atoms with E-state index in [-0.39, 0.29) is 23.7 Å². The predicted molar refractivity (Wildman–Crippen MR) is 132 cm³/mol. The highest BCUT2D eigenvalue weighted by molar-refractivity contribution is 5.77. The SMILES string of the molecule is C#C.CN(O)C(N)=NC1C[C@H](C2CCOC(C)(C)C2)Oc2ccc(-c3cccc(C#N)c3)cc21. The number of aliphatic imine (C=N–C) groups is 1. The quantitative estimate of drug-likeness (QED) is 0.302. The average Bonchev–Trinajstić information content (AvgIpc) is 2.84. The fraction of sp³-hybridized carbons (Fsp3) is 0.407. The second kappa shape index (κ2) is 10.6. The number of ether oxygens (including phenoxy) is 2. The number of nitriles is 1. The number of rotatable bonds is 3. The molecule has 0 aromatic heterocycles. The third-order valence-electron chi connectivity index (χ3n) is 6.31. The summed E-state index contributed by atoms with van der Waals surface area (Å²) in [7, 11) is 1.46. The van der Waals surface area contributed by atoms with Gasteiger partial charge in [0, 0.05) is 31.6 Å². The van der Waals surface area contributed by atoms with Crippen molar-refractivity contribution in [3.05, 3.63) is 53.6 Å². The first-order chi connectivity index (χ1) is 16.3. The van der Waals surface area contributed by atoms with Crippen LogP contribution in [0, 0.1) is 30.1 Å². The molecule has 7 nitrogen and oxygen atoms in total. The van der Waals surface area contributed by atoms with E-state index in [0.29, 0.717) is 24.5 Å². The van der Waals surface area contributed by atoms with Crippen molar-refractivity contribution in [1.29, 1.82) is 5.26 Å². The van der Waals surface area contributed by atoms with Crippen molar-refractivity contribution in [2.45, 2.75) is 50.9 Å². The third kappa shape index (κ3) is 5.69. The van der Waals surface area contributed by atoms with Gasteiger partial charge in [0.15, 0.2) is 0 Å². The number of nitrogens with two attached hydrogens (primary N) is 1. The number of fused-ring (bicyclic) bond motifs is 1. The van der Waals surface area contributed by atoms with Gasteiger partial charge in [0.2, 0.25) is 5.96 Å². The maximum Gasteiger partial charge on any atom is 0.215 e. The minimum absolute atomic E-state index is 0.0102. The second-order valence-corrected chi connectivity index (χ2v) is 9.22. The van der Waals surface area contributed by atoms with Crippen molar-refractivity contribution < 1.29 is 14.7 Å². The number of benzene rings is 2. The maximum absolute atomic E-state index is 9.77. The molecule has 1 fully saturated rings. The summed E-state index contributed by atoms with van der Waals surface area (Å²) in [6, 6.07) is 15.5. The summed E-state index contributed by atoms with van der Waals surface area (Å²) in [5.41, 5.74) is 9.28. The van der Waals surface area contributed by atoms with Gasteiger partial charge in [-0.15, -0.1) is 12.8 Å². The minimum atomic E-state index is -0.247. The summed E-state index contributed by atoms with van der Waals surface area (Å²) in [5, 5.41) is 19.9. The van der Waals surface area contributed by atoms with Gasteiger partial charge in [-0.25, -0.2) is 10.1 Å². The van der Waals surface area contributed by atoms with E-state index in [9.17, 15) is 10.5 Å². The molecule has 2 unspecified atom stereocenters. The van der Waals surface area contributed by atoms with E-state index in [2.05, 4.69) is 43.8 Å². The van der Waals surface area contributed by atoms with Crippen LogP contribution in [0.4, 0.5) is 0 Å². The minimum Gasteiger partial charge on any atom is -0.490 e. The Morgan fingerprint density at radius 1 is 1.24 bits per heavy atom. The van der Waals surface area contributed by atoms with Crippen molar-refractivity contribution in [2.24, 2.45) is 16.6 Å².